The zero-order valence-electron chi connectivity index (χ0n) is 8.26. The zero-order chi connectivity index (χ0) is 8.81. The van der Waals surface area contributed by atoms with Crippen LogP contribution in [0.4, 0.5) is 0 Å². The maximum absolute atomic E-state index is 5.96. The molecule has 12 heavy (non-hydrogen) atoms. The Morgan fingerprint density at radius 1 is 1.42 bits per heavy atom. The van der Waals surface area contributed by atoms with Gasteiger partial charge < -0.3 is 10.6 Å². The van der Waals surface area contributed by atoms with Crippen molar-refractivity contribution < 1.29 is 0 Å². The van der Waals surface area contributed by atoms with Crippen LogP contribution in [0.15, 0.2) is 0 Å². The van der Waals surface area contributed by atoms with Gasteiger partial charge in [-0.1, -0.05) is 19.8 Å². The van der Waals surface area contributed by atoms with Gasteiger partial charge in [-0.3, -0.25) is 0 Å². The Hall–Kier alpha value is -0.0800. The van der Waals surface area contributed by atoms with E-state index in [1.807, 2.05) is 0 Å². The predicted octanol–water partition coefficient (Wildman–Crippen LogP) is 1.60. The molecule has 0 amide bonds. The molecule has 1 fully saturated rings. The Morgan fingerprint density at radius 2 is 2.25 bits per heavy atom. The predicted molar refractivity (Wildman–Crippen MR) is 53.2 cm³/mol. The molecule has 1 aliphatic heterocycles. The van der Waals surface area contributed by atoms with Crippen molar-refractivity contribution >= 4 is 0 Å². The van der Waals surface area contributed by atoms with Gasteiger partial charge in [-0.15, -0.1) is 0 Å². The second-order valence-electron chi connectivity index (χ2n) is 3.91. The molecule has 1 atom stereocenters. The minimum absolute atomic E-state index is 0.435. The molecule has 0 bridgehead atoms. The van der Waals surface area contributed by atoms with Crippen LogP contribution in [0.2, 0.25) is 0 Å². The first-order valence-corrected chi connectivity index (χ1v) is 5.31. The fourth-order valence-electron chi connectivity index (χ4n) is 1.84. The van der Waals surface area contributed by atoms with E-state index in [-0.39, 0.29) is 0 Å². The molecule has 1 rings (SSSR count). The van der Waals surface area contributed by atoms with Crippen LogP contribution in [0.3, 0.4) is 0 Å². The van der Waals surface area contributed by atoms with Gasteiger partial charge in [0.15, 0.2) is 0 Å². The SMILES string of the molecule is CCCCN1CCCCC(N)C1. The molecule has 2 nitrogen and oxygen atoms in total. The Kier molecular flexibility index (Phi) is 4.62. The molecule has 1 aliphatic rings. The fourth-order valence-corrected chi connectivity index (χ4v) is 1.84. The lowest BCUT2D eigenvalue weighted by atomic mass is 10.2. The first-order valence-electron chi connectivity index (χ1n) is 5.31. The number of likely N-dealkylation sites (tertiary alicyclic amines) is 1. The van der Waals surface area contributed by atoms with Crippen LogP contribution in [0.25, 0.3) is 0 Å². The summed E-state index contributed by atoms with van der Waals surface area (Å²) in [5.74, 6) is 0. The van der Waals surface area contributed by atoms with E-state index in [0.29, 0.717) is 6.04 Å². The molecule has 0 saturated carbocycles. The van der Waals surface area contributed by atoms with Crippen LogP contribution >= 0.6 is 0 Å². The van der Waals surface area contributed by atoms with E-state index >= 15 is 0 Å². The maximum atomic E-state index is 5.96. The van der Waals surface area contributed by atoms with Crippen LogP contribution in [-0.4, -0.2) is 30.6 Å². The lowest BCUT2D eigenvalue weighted by Gasteiger charge is -2.21. The molecule has 0 spiro atoms. The smallest absolute Gasteiger partial charge is 0.0167 e. The molecule has 72 valence electrons. The van der Waals surface area contributed by atoms with Gasteiger partial charge in [0.25, 0.3) is 0 Å². The van der Waals surface area contributed by atoms with Crippen molar-refractivity contribution in [2.75, 3.05) is 19.6 Å². The number of hydrogen-bond donors (Lipinski definition) is 1. The van der Waals surface area contributed by atoms with Crippen molar-refractivity contribution in [3.05, 3.63) is 0 Å². The highest BCUT2D eigenvalue weighted by Crippen LogP contribution is 2.09. The summed E-state index contributed by atoms with van der Waals surface area (Å²) in [5, 5.41) is 0. The molecule has 0 aromatic carbocycles. The van der Waals surface area contributed by atoms with Crippen LogP contribution in [-0.2, 0) is 0 Å². The monoisotopic (exact) mass is 170 g/mol. The van der Waals surface area contributed by atoms with Crippen molar-refractivity contribution in [3.63, 3.8) is 0 Å². The summed E-state index contributed by atoms with van der Waals surface area (Å²) in [5.41, 5.74) is 5.96. The van der Waals surface area contributed by atoms with E-state index in [9.17, 15) is 0 Å². The highest BCUT2D eigenvalue weighted by atomic mass is 15.1. The summed E-state index contributed by atoms with van der Waals surface area (Å²) in [6.45, 7) is 5.90. The van der Waals surface area contributed by atoms with E-state index in [1.165, 1.54) is 45.2 Å². The third-order valence-corrected chi connectivity index (χ3v) is 2.62. The standard InChI is InChI=1S/C10H22N2/c1-2-3-7-12-8-5-4-6-10(11)9-12/h10H,2-9,11H2,1H3. The zero-order valence-corrected chi connectivity index (χ0v) is 8.26. The number of unbranched alkanes of at least 4 members (excludes halogenated alkanes) is 1. The van der Waals surface area contributed by atoms with Gasteiger partial charge in [0, 0.05) is 12.6 Å². The third kappa shape index (κ3) is 3.55. The summed E-state index contributed by atoms with van der Waals surface area (Å²) in [6.07, 6.45) is 6.52. The molecular formula is C10H22N2. The van der Waals surface area contributed by atoms with Crippen molar-refractivity contribution in [2.24, 2.45) is 5.73 Å². The van der Waals surface area contributed by atoms with E-state index < -0.39 is 0 Å². The summed E-state index contributed by atoms with van der Waals surface area (Å²) < 4.78 is 0. The minimum atomic E-state index is 0.435. The van der Waals surface area contributed by atoms with Crippen LogP contribution in [0.5, 0.6) is 0 Å². The number of nitrogens with zero attached hydrogens (tertiary/aromatic N) is 1. The van der Waals surface area contributed by atoms with E-state index in [4.69, 9.17) is 5.73 Å². The highest BCUT2D eigenvalue weighted by molar-refractivity contribution is 4.72. The van der Waals surface area contributed by atoms with Crippen molar-refractivity contribution in [1.29, 1.82) is 0 Å². The number of hydrogen-bond acceptors (Lipinski definition) is 2. The first-order chi connectivity index (χ1) is 5.83. The molecule has 1 unspecified atom stereocenters. The summed E-state index contributed by atoms with van der Waals surface area (Å²) in [7, 11) is 0. The Morgan fingerprint density at radius 3 is 3.00 bits per heavy atom. The summed E-state index contributed by atoms with van der Waals surface area (Å²) >= 11 is 0. The van der Waals surface area contributed by atoms with E-state index in [2.05, 4.69) is 11.8 Å². The highest BCUT2D eigenvalue weighted by Gasteiger charge is 2.13. The lowest BCUT2D eigenvalue weighted by Crippen LogP contribution is -2.36. The van der Waals surface area contributed by atoms with Crippen LogP contribution in [0.1, 0.15) is 39.0 Å². The Bertz CT molecular complexity index is 114. The van der Waals surface area contributed by atoms with Gasteiger partial charge in [-0.25, -0.2) is 0 Å². The van der Waals surface area contributed by atoms with Gasteiger partial charge in [0.2, 0.25) is 0 Å². The van der Waals surface area contributed by atoms with E-state index in [0.717, 1.165) is 6.54 Å². The molecule has 0 radical (unpaired) electrons. The summed E-state index contributed by atoms with van der Waals surface area (Å²) in [4.78, 5) is 2.53. The molecule has 1 heterocycles. The van der Waals surface area contributed by atoms with Crippen molar-refractivity contribution in [1.82, 2.24) is 4.90 Å². The maximum Gasteiger partial charge on any atom is 0.0167 e. The molecule has 2 heteroatoms. The molecule has 0 aromatic rings. The number of nitrogens with two attached hydrogens (primary N) is 1. The van der Waals surface area contributed by atoms with E-state index in [1.54, 1.807) is 0 Å². The van der Waals surface area contributed by atoms with Crippen molar-refractivity contribution in [2.45, 2.75) is 45.1 Å². The second-order valence-corrected chi connectivity index (χ2v) is 3.91. The quantitative estimate of drug-likeness (QED) is 0.697. The van der Waals surface area contributed by atoms with Gasteiger partial charge in [-0.05, 0) is 32.4 Å². The molecular weight excluding hydrogens is 148 g/mol. The second kappa shape index (κ2) is 5.55. The van der Waals surface area contributed by atoms with Gasteiger partial charge in [0.1, 0.15) is 0 Å². The summed E-state index contributed by atoms with van der Waals surface area (Å²) in [6, 6.07) is 0.435. The first kappa shape index (κ1) is 10.0. The van der Waals surface area contributed by atoms with Crippen LogP contribution in [0, 0.1) is 0 Å². The van der Waals surface area contributed by atoms with Crippen molar-refractivity contribution in [3.8, 4) is 0 Å². The Balaban J connectivity index is 2.21. The molecule has 2 N–H and O–H groups in total. The topological polar surface area (TPSA) is 29.3 Å². The molecule has 0 aromatic heterocycles. The third-order valence-electron chi connectivity index (χ3n) is 2.62. The average molecular weight is 170 g/mol. The van der Waals surface area contributed by atoms with Gasteiger partial charge in [-0.2, -0.15) is 0 Å². The average Bonchev–Trinajstić information content (AvgIpc) is 2.26. The van der Waals surface area contributed by atoms with Gasteiger partial charge in [0.05, 0.1) is 0 Å². The van der Waals surface area contributed by atoms with Gasteiger partial charge >= 0.3 is 0 Å². The largest absolute Gasteiger partial charge is 0.327 e. The molecule has 0 aliphatic carbocycles. The van der Waals surface area contributed by atoms with Crippen LogP contribution < -0.4 is 5.73 Å². The fraction of sp³-hybridized carbons (Fsp3) is 1.00. The lowest BCUT2D eigenvalue weighted by molar-refractivity contribution is 0.269. The molecule has 1 saturated heterocycles. The minimum Gasteiger partial charge on any atom is -0.327 e. The number of rotatable bonds is 3. The Labute approximate surface area is 76.1 Å². The normalized spacial score (nSPS) is 27.0.